The number of amides is 1. The Morgan fingerprint density at radius 1 is 1.18 bits per heavy atom. The molecule has 3 rings (SSSR count). The molecule has 1 heterocycles. The summed E-state index contributed by atoms with van der Waals surface area (Å²) in [7, 11) is 0. The lowest BCUT2D eigenvalue weighted by atomic mass is 10.1. The Morgan fingerprint density at radius 2 is 1.89 bits per heavy atom. The fourth-order valence-electron chi connectivity index (χ4n) is 3.40. The van der Waals surface area contributed by atoms with Crippen LogP contribution in [0, 0.1) is 5.82 Å². The number of carbonyl (C=O) groups is 1. The van der Waals surface area contributed by atoms with Crippen LogP contribution in [0.2, 0.25) is 5.02 Å². The number of carbonyl (C=O) groups excluding carboxylic acids is 1. The average molecular weight is 470 g/mol. The van der Waals surface area contributed by atoms with Gasteiger partial charge in [0.2, 0.25) is 0 Å². The maximum atomic E-state index is 13.1. The zero-order valence-corrected chi connectivity index (χ0v) is 18.2. The molecule has 7 heteroatoms. The quantitative estimate of drug-likeness (QED) is 0.634. The van der Waals surface area contributed by atoms with Crippen LogP contribution in [-0.4, -0.2) is 47.5 Å². The van der Waals surface area contributed by atoms with Crippen LogP contribution in [0.3, 0.4) is 0 Å². The van der Waals surface area contributed by atoms with E-state index in [0.29, 0.717) is 17.3 Å². The van der Waals surface area contributed by atoms with Crippen LogP contribution in [0.25, 0.3) is 0 Å². The summed E-state index contributed by atoms with van der Waals surface area (Å²) in [5, 5.41) is 0.602. The Morgan fingerprint density at radius 3 is 2.57 bits per heavy atom. The summed E-state index contributed by atoms with van der Waals surface area (Å²) in [5.41, 5.74) is 1.07. The van der Waals surface area contributed by atoms with Crippen molar-refractivity contribution in [1.29, 1.82) is 0 Å². The molecular formula is C21H23BrClFN2O2. The summed E-state index contributed by atoms with van der Waals surface area (Å²) in [6, 6.07) is 12.1. The number of ether oxygens (including phenoxy) is 1. The van der Waals surface area contributed by atoms with Crippen LogP contribution < -0.4 is 4.74 Å². The number of piperazine rings is 1. The molecule has 2 aromatic rings. The molecule has 0 radical (unpaired) electrons. The normalized spacial score (nSPS) is 20.2. The molecule has 150 valence electrons. The highest BCUT2D eigenvalue weighted by Crippen LogP contribution is 2.28. The SMILES string of the molecule is C[C@@H]1CN(C(=O)COc2ccc(Cl)cc2Br)[C@@H](C)CN1Cc1ccc(F)cc1. The van der Waals surface area contributed by atoms with Gasteiger partial charge in [-0.1, -0.05) is 23.7 Å². The molecule has 0 N–H and O–H groups in total. The first kappa shape index (κ1) is 21.1. The van der Waals surface area contributed by atoms with Crippen LogP contribution in [0.15, 0.2) is 46.9 Å². The summed E-state index contributed by atoms with van der Waals surface area (Å²) in [4.78, 5) is 16.9. The van der Waals surface area contributed by atoms with Gasteiger partial charge in [-0.3, -0.25) is 9.69 Å². The van der Waals surface area contributed by atoms with Crippen molar-refractivity contribution in [3.63, 3.8) is 0 Å². The molecule has 1 saturated heterocycles. The van der Waals surface area contributed by atoms with Gasteiger partial charge in [0.15, 0.2) is 6.61 Å². The van der Waals surface area contributed by atoms with Gasteiger partial charge in [-0.25, -0.2) is 4.39 Å². The summed E-state index contributed by atoms with van der Waals surface area (Å²) in [6.07, 6.45) is 0. The van der Waals surface area contributed by atoms with Gasteiger partial charge in [-0.2, -0.15) is 0 Å². The molecule has 0 unspecified atom stereocenters. The molecule has 0 bridgehead atoms. The first-order valence-corrected chi connectivity index (χ1v) is 10.4. The zero-order chi connectivity index (χ0) is 20.3. The largest absolute Gasteiger partial charge is 0.483 e. The minimum absolute atomic E-state index is 0.0186. The monoisotopic (exact) mass is 468 g/mol. The number of halogens is 3. The van der Waals surface area contributed by atoms with Gasteiger partial charge in [0.1, 0.15) is 11.6 Å². The molecule has 0 aliphatic carbocycles. The molecule has 28 heavy (non-hydrogen) atoms. The highest BCUT2D eigenvalue weighted by atomic mass is 79.9. The van der Waals surface area contributed by atoms with Crippen LogP contribution in [0.1, 0.15) is 19.4 Å². The van der Waals surface area contributed by atoms with E-state index in [2.05, 4.69) is 27.8 Å². The van der Waals surface area contributed by atoms with E-state index in [1.165, 1.54) is 12.1 Å². The van der Waals surface area contributed by atoms with Gasteiger partial charge < -0.3 is 9.64 Å². The Kier molecular flexibility index (Phi) is 6.96. The Bertz CT molecular complexity index is 834. The Hall–Kier alpha value is -1.63. The zero-order valence-electron chi connectivity index (χ0n) is 15.9. The molecule has 4 nitrogen and oxygen atoms in total. The first-order valence-electron chi connectivity index (χ1n) is 9.19. The van der Waals surface area contributed by atoms with Crippen molar-refractivity contribution in [3.05, 3.63) is 63.3 Å². The van der Waals surface area contributed by atoms with Crippen molar-refractivity contribution >= 4 is 33.4 Å². The third-order valence-corrected chi connectivity index (χ3v) is 5.83. The lowest BCUT2D eigenvalue weighted by Crippen LogP contribution is -2.58. The van der Waals surface area contributed by atoms with Crippen molar-refractivity contribution in [1.82, 2.24) is 9.80 Å². The number of nitrogens with zero attached hydrogens (tertiary/aromatic N) is 2. The summed E-state index contributed by atoms with van der Waals surface area (Å²) in [6.45, 7) is 6.25. The minimum Gasteiger partial charge on any atom is -0.483 e. The minimum atomic E-state index is -0.229. The lowest BCUT2D eigenvalue weighted by molar-refractivity contribution is -0.139. The molecule has 0 saturated carbocycles. The number of benzene rings is 2. The number of hydrogen-bond donors (Lipinski definition) is 0. The second kappa shape index (κ2) is 9.25. The fraction of sp³-hybridized carbons (Fsp3) is 0.381. The predicted octanol–water partition coefficient (Wildman–Crippen LogP) is 4.74. The third-order valence-electron chi connectivity index (χ3n) is 4.98. The van der Waals surface area contributed by atoms with Gasteiger partial charge in [-0.15, -0.1) is 0 Å². The van der Waals surface area contributed by atoms with E-state index in [0.717, 1.165) is 23.1 Å². The van der Waals surface area contributed by atoms with Crippen molar-refractivity contribution in [2.45, 2.75) is 32.5 Å². The molecule has 0 aromatic heterocycles. The number of rotatable bonds is 5. The van der Waals surface area contributed by atoms with E-state index in [9.17, 15) is 9.18 Å². The van der Waals surface area contributed by atoms with E-state index in [4.69, 9.17) is 16.3 Å². The van der Waals surface area contributed by atoms with Crippen LogP contribution in [0.4, 0.5) is 4.39 Å². The van der Waals surface area contributed by atoms with Crippen molar-refractivity contribution in [3.8, 4) is 5.75 Å². The molecule has 2 aromatic carbocycles. The van der Waals surface area contributed by atoms with E-state index >= 15 is 0 Å². The Balaban J connectivity index is 1.57. The lowest BCUT2D eigenvalue weighted by Gasteiger charge is -2.44. The van der Waals surface area contributed by atoms with Crippen molar-refractivity contribution in [2.24, 2.45) is 0 Å². The van der Waals surface area contributed by atoms with Crippen LogP contribution in [0.5, 0.6) is 5.75 Å². The van der Waals surface area contributed by atoms with E-state index in [1.807, 2.05) is 24.0 Å². The van der Waals surface area contributed by atoms with Gasteiger partial charge in [0.25, 0.3) is 5.91 Å². The second-order valence-electron chi connectivity index (χ2n) is 7.16. The molecule has 0 spiro atoms. The third kappa shape index (κ3) is 5.25. The van der Waals surface area contributed by atoms with Crippen LogP contribution >= 0.6 is 27.5 Å². The summed E-state index contributed by atoms with van der Waals surface area (Å²) >= 11 is 9.33. The number of hydrogen-bond acceptors (Lipinski definition) is 3. The van der Waals surface area contributed by atoms with Gasteiger partial charge in [0, 0.05) is 36.7 Å². The van der Waals surface area contributed by atoms with E-state index < -0.39 is 0 Å². The molecule has 1 aliphatic heterocycles. The standard InChI is InChI=1S/C21H23BrClFN2O2/c1-14-11-26(21(27)13-28-20-8-5-17(23)9-19(20)22)15(2)10-25(14)12-16-3-6-18(24)7-4-16/h3-9,14-15H,10-13H2,1-2H3/t14-,15+/m1/s1. The van der Waals surface area contributed by atoms with Crippen LogP contribution in [-0.2, 0) is 11.3 Å². The molecule has 1 aliphatic rings. The Labute approximate surface area is 178 Å². The highest BCUT2D eigenvalue weighted by Gasteiger charge is 2.32. The first-order chi connectivity index (χ1) is 13.3. The summed E-state index contributed by atoms with van der Waals surface area (Å²) in [5.74, 6) is 0.323. The predicted molar refractivity (Wildman–Crippen MR) is 112 cm³/mol. The van der Waals surface area contributed by atoms with Crippen molar-refractivity contribution < 1.29 is 13.9 Å². The molecule has 1 amide bonds. The van der Waals surface area contributed by atoms with Crippen molar-refractivity contribution in [2.75, 3.05) is 19.7 Å². The molecule has 2 atom stereocenters. The smallest absolute Gasteiger partial charge is 0.260 e. The maximum Gasteiger partial charge on any atom is 0.260 e. The average Bonchev–Trinajstić information content (AvgIpc) is 2.65. The van der Waals surface area contributed by atoms with Gasteiger partial charge in [-0.05, 0) is 65.7 Å². The van der Waals surface area contributed by atoms with Gasteiger partial charge in [0.05, 0.1) is 4.47 Å². The second-order valence-corrected chi connectivity index (χ2v) is 8.45. The molecule has 1 fully saturated rings. The summed E-state index contributed by atoms with van der Waals surface area (Å²) < 4.78 is 19.5. The van der Waals surface area contributed by atoms with Gasteiger partial charge >= 0.3 is 0 Å². The van der Waals surface area contributed by atoms with E-state index in [-0.39, 0.29) is 30.4 Å². The topological polar surface area (TPSA) is 32.8 Å². The maximum absolute atomic E-state index is 13.1. The highest BCUT2D eigenvalue weighted by molar-refractivity contribution is 9.10. The molecular weight excluding hydrogens is 447 g/mol. The van der Waals surface area contributed by atoms with E-state index in [1.54, 1.807) is 18.2 Å². The fourth-order valence-corrected chi connectivity index (χ4v) is 4.20.